The van der Waals surface area contributed by atoms with Crippen LogP contribution in [0.5, 0.6) is 5.75 Å². The van der Waals surface area contributed by atoms with Crippen molar-refractivity contribution in [2.24, 2.45) is 5.10 Å². The summed E-state index contributed by atoms with van der Waals surface area (Å²) in [5, 5.41) is 13.9. The molecule has 3 nitrogen and oxygen atoms in total. The van der Waals surface area contributed by atoms with Gasteiger partial charge in [-0.15, -0.1) is 0 Å². The van der Waals surface area contributed by atoms with Gasteiger partial charge in [-0.05, 0) is 31.2 Å². The number of benzene rings is 1. The minimum atomic E-state index is 0.255. The number of hydrogen-bond donors (Lipinski definition) is 1. The van der Waals surface area contributed by atoms with Crippen LogP contribution in [0.15, 0.2) is 53.9 Å². The lowest BCUT2D eigenvalue weighted by molar-refractivity contribution is 0.474. The second-order valence-corrected chi connectivity index (χ2v) is 3.27. The Morgan fingerprint density at radius 1 is 1.13 bits per heavy atom. The van der Waals surface area contributed by atoms with Crippen molar-refractivity contribution in [1.29, 1.82) is 0 Å². The number of para-hydroxylation sites is 1. The van der Waals surface area contributed by atoms with E-state index >= 15 is 0 Å². The number of rotatable bonds is 2. The van der Waals surface area contributed by atoms with E-state index in [0.717, 1.165) is 11.3 Å². The molecule has 76 valence electrons. The van der Waals surface area contributed by atoms with Gasteiger partial charge in [-0.3, -0.25) is 0 Å². The molecule has 0 saturated heterocycles. The second kappa shape index (κ2) is 4.00. The predicted octanol–water partition coefficient (Wildman–Crippen LogP) is 2.47. The number of hydrogen-bond acceptors (Lipinski definition) is 2. The lowest BCUT2D eigenvalue weighted by atomic mass is 10.1. The summed E-state index contributed by atoms with van der Waals surface area (Å²) in [6.07, 6.45) is 3.70. The van der Waals surface area contributed by atoms with Gasteiger partial charge in [0, 0.05) is 18.0 Å². The highest BCUT2D eigenvalue weighted by Gasteiger charge is 2.02. The Hall–Kier alpha value is -2.03. The predicted molar refractivity (Wildman–Crippen MR) is 60.1 cm³/mol. The zero-order valence-corrected chi connectivity index (χ0v) is 8.46. The molecule has 2 aromatic rings. The van der Waals surface area contributed by atoms with Crippen LogP contribution in [0, 0.1) is 0 Å². The number of aromatic nitrogens is 1. The SMILES string of the molecule is CC(=Nn1cccc1)c1ccccc1O. The van der Waals surface area contributed by atoms with Gasteiger partial charge < -0.3 is 5.11 Å². The van der Waals surface area contributed by atoms with Gasteiger partial charge in [0.1, 0.15) is 5.75 Å². The van der Waals surface area contributed by atoms with Crippen LogP contribution in [0.1, 0.15) is 12.5 Å². The normalized spacial score (nSPS) is 11.7. The van der Waals surface area contributed by atoms with E-state index in [4.69, 9.17) is 0 Å². The molecule has 1 aromatic carbocycles. The molecule has 15 heavy (non-hydrogen) atoms. The zero-order valence-electron chi connectivity index (χ0n) is 8.46. The first kappa shape index (κ1) is 9.52. The molecule has 0 saturated carbocycles. The highest BCUT2D eigenvalue weighted by molar-refractivity contribution is 6.00. The molecule has 3 heteroatoms. The lowest BCUT2D eigenvalue weighted by Crippen LogP contribution is -1.98. The molecule has 0 aliphatic carbocycles. The van der Waals surface area contributed by atoms with Crippen LogP contribution in [0.25, 0.3) is 0 Å². The fraction of sp³-hybridized carbons (Fsp3) is 0.0833. The van der Waals surface area contributed by atoms with Crippen LogP contribution in [0.4, 0.5) is 0 Å². The first-order chi connectivity index (χ1) is 7.27. The van der Waals surface area contributed by atoms with E-state index in [9.17, 15) is 5.11 Å². The summed E-state index contributed by atoms with van der Waals surface area (Å²) < 4.78 is 1.71. The van der Waals surface area contributed by atoms with Gasteiger partial charge in [0.15, 0.2) is 0 Å². The zero-order chi connectivity index (χ0) is 10.7. The Balaban J connectivity index is 2.36. The molecule has 1 N–H and O–H groups in total. The van der Waals surface area contributed by atoms with Crippen LogP contribution in [-0.4, -0.2) is 15.5 Å². The highest BCUT2D eigenvalue weighted by atomic mass is 16.3. The van der Waals surface area contributed by atoms with Crippen LogP contribution >= 0.6 is 0 Å². The summed E-state index contributed by atoms with van der Waals surface area (Å²) in [4.78, 5) is 0. The Kier molecular flexibility index (Phi) is 2.54. The summed E-state index contributed by atoms with van der Waals surface area (Å²) in [5.74, 6) is 0.255. The molecule has 0 radical (unpaired) electrons. The molecule has 0 aliphatic heterocycles. The molecule has 0 fully saturated rings. The van der Waals surface area contributed by atoms with Gasteiger partial charge in [-0.1, -0.05) is 12.1 Å². The molecule has 0 aliphatic rings. The fourth-order valence-electron chi connectivity index (χ4n) is 1.40. The first-order valence-electron chi connectivity index (χ1n) is 4.74. The van der Waals surface area contributed by atoms with Gasteiger partial charge in [-0.25, -0.2) is 4.68 Å². The van der Waals surface area contributed by atoms with E-state index in [1.54, 1.807) is 16.8 Å². The maximum atomic E-state index is 9.62. The molecular formula is C12H12N2O. The monoisotopic (exact) mass is 200 g/mol. The standard InChI is InChI=1S/C12H12N2O/c1-10(13-14-8-4-5-9-14)11-6-2-3-7-12(11)15/h2-9,15H,1H3. The Morgan fingerprint density at radius 3 is 2.47 bits per heavy atom. The van der Waals surface area contributed by atoms with E-state index in [0.29, 0.717) is 0 Å². The van der Waals surface area contributed by atoms with Crippen molar-refractivity contribution in [2.75, 3.05) is 0 Å². The summed E-state index contributed by atoms with van der Waals surface area (Å²) in [5.41, 5.74) is 1.54. The van der Waals surface area contributed by atoms with Crippen LogP contribution in [-0.2, 0) is 0 Å². The smallest absolute Gasteiger partial charge is 0.124 e. The number of phenolic OH excluding ortho intramolecular Hbond substituents is 1. The summed E-state index contributed by atoms with van der Waals surface area (Å²) in [6, 6.07) is 11.0. The molecule has 2 rings (SSSR count). The minimum absolute atomic E-state index is 0.255. The summed E-state index contributed by atoms with van der Waals surface area (Å²) in [7, 11) is 0. The van der Waals surface area contributed by atoms with Crippen molar-refractivity contribution in [3.05, 3.63) is 54.4 Å². The number of nitrogens with zero attached hydrogens (tertiary/aromatic N) is 2. The highest BCUT2D eigenvalue weighted by Crippen LogP contribution is 2.16. The molecule has 0 spiro atoms. The van der Waals surface area contributed by atoms with E-state index in [1.165, 1.54) is 0 Å². The summed E-state index contributed by atoms with van der Waals surface area (Å²) in [6.45, 7) is 1.87. The van der Waals surface area contributed by atoms with Crippen molar-refractivity contribution in [2.45, 2.75) is 6.92 Å². The number of phenols is 1. The summed E-state index contributed by atoms with van der Waals surface area (Å²) >= 11 is 0. The Labute approximate surface area is 88.3 Å². The molecule has 1 heterocycles. The molecular weight excluding hydrogens is 188 g/mol. The molecule has 0 unspecified atom stereocenters. The van der Waals surface area contributed by atoms with Crippen LogP contribution in [0.2, 0.25) is 0 Å². The van der Waals surface area contributed by atoms with Gasteiger partial charge in [-0.2, -0.15) is 5.10 Å². The van der Waals surface area contributed by atoms with E-state index in [-0.39, 0.29) is 5.75 Å². The third-order valence-electron chi connectivity index (χ3n) is 2.15. The third kappa shape index (κ3) is 2.07. The second-order valence-electron chi connectivity index (χ2n) is 3.27. The van der Waals surface area contributed by atoms with Gasteiger partial charge >= 0.3 is 0 Å². The minimum Gasteiger partial charge on any atom is -0.507 e. The Morgan fingerprint density at radius 2 is 1.80 bits per heavy atom. The van der Waals surface area contributed by atoms with Crippen molar-refractivity contribution < 1.29 is 5.11 Å². The van der Waals surface area contributed by atoms with E-state index in [1.807, 2.05) is 43.6 Å². The van der Waals surface area contributed by atoms with Crippen molar-refractivity contribution in [1.82, 2.24) is 4.68 Å². The molecule has 0 bridgehead atoms. The molecule has 0 amide bonds. The maximum Gasteiger partial charge on any atom is 0.124 e. The average Bonchev–Trinajstić information content (AvgIpc) is 2.71. The van der Waals surface area contributed by atoms with Gasteiger partial charge in [0.25, 0.3) is 0 Å². The van der Waals surface area contributed by atoms with Crippen LogP contribution in [0.3, 0.4) is 0 Å². The van der Waals surface area contributed by atoms with Crippen molar-refractivity contribution >= 4 is 5.71 Å². The third-order valence-corrected chi connectivity index (χ3v) is 2.15. The number of aromatic hydroxyl groups is 1. The van der Waals surface area contributed by atoms with E-state index in [2.05, 4.69) is 5.10 Å². The topological polar surface area (TPSA) is 37.5 Å². The molecule has 0 atom stereocenters. The average molecular weight is 200 g/mol. The first-order valence-corrected chi connectivity index (χ1v) is 4.74. The Bertz CT molecular complexity index is 472. The van der Waals surface area contributed by atoms with Gasteiger partial charge in [0.2, 0.25) is 0 Å². The fourth-order valence-corrected chi connectivity index (χ4v) is 1.40. The van der Waals surface area contributed by atoms with Crippen molar-refractivity contribution in [3.8, 4) is 5.75 Å². The van der Waals surface area contributed by atoms with Gasteiger partial charge in [0.05, 0.1) is 5.71 Å². The van der Waals surface area contributed by atoms with Crippen molar-refractivity contribution in [3.63, 3.8) is 0 Å². The largest absolute Gasteiger partial charge is 0.507 e. The van der Waals surface area contributed by atoms with Crippen LogP contribution < -0.4 is 0 Å². The lowest BCUT2D eigenvalue weighted by Gasteiger charge is -2.03. The quantitative estimate of drug-likeness (QED) is 0.743. The molecule has 1 aromatic heterocycles. The maximum absolute atomic E-state index is 9.62. The van der Waals surface area contributed by atoms with E-state index < -0.39 is 0 Å².